The highest BCUT2D eigenvalue weighted by Crippen LogP contribution is 2.33. The van der Waals surface area contributed by atoms with Crippen molar-refractivity contribution in [2.24, 2.45) is 0 Å². The van der Waals surface area contributed by atoms with Crippen molar-refractivity contribution < 1.29 is 23.8 Å². The van der Waals surface area contributed by atoms with Crippen molar-refractivity contribution in [2.45, 2.75) is 13.3 Å². The first kappa shape index (κ1) is 21.1. The van der Waals surface area contributed by atoms with Crippen molar-refractivity contribution in [3.63, 3.8) is 0 Å². The number of carboxylic acid groups (broad SMARTS) is 1. The van der Waals surface area contributed by atoms with Gasteiger partial charge in [-0.2, -0.15) is 0 Å². The lowest BCUT2D eigenvalue weighted by molar-refractivity contribution is -0.131. The van der Waals surface area contributed by atoms with E-state index in [9.17, 15) is 19.1 Å². The number of halogens is 1. The van der Waals surface area contributed by atoms with Gasteiger partial charge in [-0.1, -0.05) is 30.3 Å². The van der Waals surface area contributed by atoms with Gasteiger partial charge >= 0.3 is 11.6 Å². The van der Waals surface area contributed by atoms with Crippen molar-refractivity contribution in [3.8, 4) is 16.9 Å². The first-order valence-electron chi connectivity index (χ1n) is 9.87. The van der Waals surface area contributed by atoms with Crippen LogP contribution < -0.4 is 5.63 Å². The minimum Gasteiger partial charge on any atom is -0.508 e. The Morgan fingerprint density at radius 3 is 2.50 bits per heavy atom. The second-order valence-corrected chi connectivity index (χ2v) is 7.47. The van der Waals surface area contributed by atoms with Gasteiger partial charge in [-0.15, -0.1) is 0 Å². The minimum atomic E-state index is -1.03. The van der Waals surface area contributed by atoms with Crippen LogP contribution in [0.15, 0.2) is 76.0 Å². The van der Waals surface area contributed by atoms with Gasteiger partial charge in [-0.25, -0.2) is 14.0 Å². The second kappa shape index (κ2) is 8.51. The van der Waals surface area contributed by atoms with E-state index in [1.165, 1.54) is 30.3 Å². The largest absolute Gasteiger partial charge is 0.508 e. The first-order valence-corrected chi connectivity index (χ1v) is 9.87. The summed E-state index contributed by atoms with van der Waals surface area (Å²) in [7, 11) is 0. The Hall–Kier alpha value is -4.19. The normalized spacial score (nSPS) is 11.3. The van der Waals surface area contributed by atoms with Crippen LogP contribution in [0.1, 0.15) is 22.3 Å². The monoisotopic (exact) mass is 430 g/mol. The molecule has 0 aliphatic rings. The fourth-order valence-corrected chi connectivity index (χ4v) is 3.74. The maximum Gasteiger partial charge on any atom is 0.344 e. The number of benzene rings is 3. The average molecular weight is 430 g/mol. The number of aliphatic carboxylic acids is 1. The van der Waals surface area contributed by atoms with Crippen LogP contribution in [0.3, 0.4) is 0 Å². The molecule has 4 aromatic rings. The van der Waals surface area contributed by atoms with Gasteiger partial charge in [0, 0.05) is 17.5 Å². The molecule has 0 saturated carbocycles. The van der Waals surface area contributed by atoms with Crippen LogP contribution in [0.2, 0.25) is 0 Å². The van der Waals surface area contributed by atoms with Crippen LogP contribution in [-0.2, 0) is 11.2 Å². The molecule has 160 valence electrons. The summed E-state index contributed by atoms with van der Waals surface area (Å²) in [6, 6.07) is 16.1. The van der Waals surface area contributed by atoms with Crippen molar-refractivity contribution >= 4 is 23.0 Å². The molecule has 5 nitrogen and oxygen atoms in total. The Balaban J connectivity index is 1.88. The van der Waals surface area contributed by atoms with Gasteiger partial charge in [0.25, 0.3) is 0 Å². The summed E-state index contributed by atoms with van der Waals surface area (Å²) in [4.78, 5) is 23.7. The van der Waals surface area contributed by atoms with E-state index >= 15 is 0 Å². The first-order chi connectivity index (χ1) is 15.3. The molecule has 0 radical (unpaired) electrons. The second-order valence-electron chi connectivity index (χ2n) is 7.47. The van der Waals surface area contributed by atoms with Crippen LogP contribution in [0.5, 0.6) is 5.75 Å². The van der Waals surface area contributed by atoms with Gasteiger partial charge in [-0.05, 0) is 71.5 Å². The Kier molecular flexibility index (Phi) is 5.60. The standard InChI is InChI=1S/C26H19FO5/c1-15-12-18(27)7-9-20(15)25-22(21-10-8-19(28)14-23(21)32-26(25)31)13-17-4-2-16(3-5-17)6-11-24(29)30/h2-12,14,28H,13H2,1H3,(H,29,30)/b11-6+. The Morgan fingerprint density at radius 2 is 1.81 bits per heavy atom. The van der Waals surface area contributed by atoms with Crippen LogP contribution >= 0.6 is 0 Å². The predicted molar refractivity (Wildman–Crippen MR) is 120 cm³/mol. The molecule has 3 aromatic carbocycles. The predicted octanol–water partition coefficient (Wildman–Crippen LogP) is 5.30. The lowest BCUT2D eigenvalue weighted by Crippen LogP contribution is -2.09. The summed E-state index contributed by atoms with van der Waals surface area (Å²) >= 11 is 0. The topological polar surface area (TPSA) is 87.7 Å². The van der Waals surface area contributed by atoms with Gasteiger partial charge in [0.1, 0.15) is 17.1 Å². The van der Waals surface area contributed by atoms with E-state index in [4.69, 9.17) is 9.52 Å². The highest BCUT2D eigenvalue weighted by molar-refractivity contribution is 5.89. The number of hydrogen-bond acceptors (Lipinski definition) is 4. The van der Waals surface area contributed by atoms with Crippen molar-refractivity contribution in [1.82, 2.24) is 0 Å². The molecule has 4 rings (SSSR count). The molecule has 0 atom stereocenters. The van der Waals surface area contributed by atoms with E-state index in [-0.39, 0.29) is 11.3 Å². The number of rotatable bonds is 5. The number of aryl methyl sites for hydroxylation is 1. The number of phenolic OH excluding ortho intramolecular Hbond substituents is 1. The molecule has 0 aliphatic heterocycles. The van der Waals surface area contributed by atoms with E-state index in [1.807, 2.05) is 12.1 Å². The van der Waals surface area contributed by atoms with Crippen LogP contribution in [0, 0.1) is 12.7 Å². The summed E-state index contributed by atoms with van der Waals surface area (Å²) < 4.78 is 19.2. The number of carboxylic acids is 1. The maximum absolute atomic E-state index is 13.7. The van der Waals surface area contributed by atoms with Gasteiger partial charge < -0.3 is 14.6 Å². The third-order valence-corrected chi connectivity index (χ3v) is 5.24. The SMILES string of the molecule is Cc1cc(F)ccc1-c1c(Cc2ccc(/C=C/C(=O)O)cc2)c2ccc(O)cc2oc1=O. The summed E-state index contributed by atoms with van der Waals surface area (Å²) in [5.41, 5.74) is 3.52. The third kappa shape index (κ3) is 4.30. The van der Waals surface area contributed by atoms with E-state index in [2.05, 4.69) is 0 Å². The van der Waals surface area contributed by atoms with E-state index in [0.717, 1.165) is 17.2 Å². The molecule has 0 unspecified atom stereocenters. The molecular weight excluding hydrogens is 411 g/mol. The highest BCUT2D eigenvalue weighted by atomic mass is 19.1. The fourth-order valence-electron chi connectivity index (χ4n) is 3.74. The van der Waals surface area contributed by atoms with Gasteiger partial charge in [0.2, 0.25) is 0 Å². The van der Waals surface area contributed by atoms with E-state index in [0.29, 0.717) is 34.1 Å². The third-order valence-electron chi connectivity index (χ3n) is 5.24. The van der Waals surface area contributed by atoms with E-state index in [1.54, 1.807) is 31.2 Å². The number of phenols is 1. The zero-order valence-corrected chi connectivity index (χ0v) is 17.1. The van der Waals surface area contributed by atoms with Crippen molar-refractivity contribution in [1.29, 1.82) is 0 Å². The number of aromatic hydroxyl groups is 1. The Morgan fingerprint density at radius 1 is 1.06 bits per heavy atom. The van der Waals surface area contributed by atoms with Crippen molar-refractivity contribution in [2.75, 3.05) is 0 Å². The van der Waals surface area contributed by atoms with Gasteiger partial charge in [-0.3, -0.25) is 0 Å². The molecule has 0 amide bonds. The number of fused-ring (bicyclic) bond motifs is 1. The lowest BCUT2D eigenvalue weighted by Gasteiger charge is -2.14. The summed E-state index contributed by atoms with van der Waals surface area (Å²) in [6.07, 6.45) is 2.93. The molecule has 0 bridgehead atoms. The van der Waals surface area contributed by atoms with Crippen LogP contribution in [-0.4, -0.2) is 16.2 Å². The average Bonchev–Trinajstić information content (AvgIpc) is 2.74. The van der Waals surface area contributed by atoms with Crippen molar-refractivity contribution in [3.05, 3.63) is 105 Å². The zero-order chi connectivity index (χ0) is 22.8. The van der Waals surface area contributed by atoms with E-state index < -0.39 is 17.4 Å². The molecule has 0 saturated heterocycles. The van der Waals surface area contributed by atoms with Gasteiger partial charge in [0.05, 0.1) is 5.56 Å². The maximum atomic E-state index is 13.7. The molecule has 6 heteroatoms. The fraction of sp³-hybridized carbons (Fsp3) is 0.0769. The Labute approximate surface area is 182 Å². The quantitative estimate of drug-likeness (QED) is 0.331. The molecule has 2 N–H and O–H groups in total. The lowest BCUT2D eigenvalue weighted by atomic mass is 9.91. The molecule has 0 spiro atoms. The molecule has 32 heavy (non-hydrogen) atoms. The molecule has 1 heterocycles. The summed E-state index contributed by atoms with van der Waals surface area (Å²) in [6.45, 7) is 1.73. The van der Waals surface area contributed by atoms with Crippen LogP contribution in [0.25, 0.3) is 28.2 Å². The molecular formula is C26H19FO5. The minimum absolute atomic E-state index is 0.0214. The van der Waals surface area contributed by atoms with Crippen LogP contribution in [0.4, 0.5) is 4.39 Å². The molecule has 1 aromatic heterocycles. The Bertz CT molecular complexity index is 1420. The number of hydrogen-bond donors (Lipinski definition) is 2. The smallest absolute Gasteiger partial charge is 0.344 e. The van der Waals surface area contributed by atoms with Gasteiger partial charge in [0.15, 0.2) is 0 Å². The molecule has 0 aliphatic carbocycles. The summed E-state index contributed by atoms with van der Waals surface area (Å²) in [5, 5.41) is 19.3. The zero-order valence-electron chi connectivity index (χ0n) is 17.1. The number of carbonyl (C=O) groups is 1. The highest BCUT2D eigenvalue weighted by Gasteiger charge is 2.19. The summed E-state index contributed by atoms with van der Waals surface area (Å²) in [5.74, 6) is -1.45. The molecule has 0 fully saturated rings.